The molecule has 0 radical (unpaired) electrons. The maximum atomic E-state index is 12.5. The van der Waals surface area contributed by atoms with Gasteiger partial charge < -0.3 is 9.64 Å². The van der Waals surface area contributed by atoms with E-state index in [1.54, 1.807) is 16.2 Å². The Hall–Kier alpha value is -2.73. The van der Waals surface area contributed by atoms with E-state index in [4.69, 9.17) is 9.72 Å². The van der Waals surface area contributed by atoms with Crippen LogP contribution in [0.4, 0.5) is 5.69 Å². The van der Waals surface area contributed by atoms with Gasteiger partial charge in [0.15, 0.2) is 0 Å². The lowest BCUT2D eigenvalue weighted by molar-refractivity contribution is -0.145. The smallest absolute Gasteiger partial charge is 0.311 e. The van der Waals surface area contributed by atoms with Crippen molar-refractivity contribution >= 4 is 39.1 Å². The fraction of sp³-hybridized carbons (Fsp3) is 0.250. The fourth-order valence-electron chi connectivity index (χ4n) is 3.40. The van der Waals surface area contributed by atoms with Crippen molar-refractivity contribution < 1.29 is 14.3 Å². The van der Waals surface area contributed by atoms with Crippen molar-refractivity contribution in [1.82, 2.24) is 4.98 Å². The zero-order chi connectivity index (χ0) is 18.3. The number of anilines is 1. The lowest BCUT2D eigenvalue weighted by atomic mass is 10.1. The molecular formula is C20H18N2O3S. The van der Waals surface area contributed by atoms with Crippen molar-refractivity contribution in [3.05, 3.63) is 48.0 Å². The molecule has 0 unspecified atom stereocenters. The summed E-state index contributed by atoms with van der Waals surface area (Å²) >= 11 is 1.64. The second kappa shape index (κ2) is 6.53. The van der Waals surface area contributed by atoms with E-state index in [0.29, 0.717) is 6.54 Å². The summed E-state index contributed by atoms with van der Waals surface area (Å²) in [5.74, 6) is -0.788. The zero-order valence-electron chi connectivity index (χ0n) is 14.6. The predicted octanol–water partition coefficient (Wildman–Crippen LogP) is 3.80. The Morgan fingerprint density at radius 1 is 1.23 bits per heavy atom. The number of esters is 1. The van der Waals surface area contributed by atoms with E-state index in [9.17, 15) is 9.59 Å². The van der Waals surface area contributed by atoms with Gasteiger partial charge in [-0.1, -0.05) is 24.3 Å². The third kappa shape index (κ3) is 2.76. The number of carbonyl (C=O) groups is 2. The number of amides is 1. The second-order valence-electron chi connectivity index (χ2n) is 6.36. The van der Waals surface area contributed by atoms with E-state index >= 15 is 0 Å². The standard InChI is InChI=1S/C20H18N2O3S/c1-12-14(19-21-15-7-3-4-9-17(15)26-19)6-5-8-16(12)22-11-13(10-18(22)23)20(24)25-2/h3-9,13H,10-11H2,1-2H3/t13-/m0/s1. The van der Waals surface area contributed by atoms with Crippen molar-refractivity contribution in [2.75, 3.05) is 18.6 Å². The van der Waals surface area contributed by atoms with Crippen LogP contribution in [-0.4, -0.2) is 30.5 Å². The molecule has 132 valence electrons. The van der Waals surface area contributed by atoms with E-state index in [-0.39, 0.29) is 18.3 Å². The number of ether oxygens (including phenoxy) is 1. The number of methoxy groups -OCH3 is 1. The van der Waals surface area contributed by atoms with Crippen LogP contribution >= 0.6 is 11.3 Å². The molecule has 1 aliphatic heterocycles. The molecule has 4 rings (SSSR count). The van der Waals surface area contributed by atoms with Crippen LogP contribution in [0.1, 0.15) is 12.0 Å². The largest absolute Gasteiger partial charge is 0.469 e. The van der Waals surface area contributed by atoms with E-state index in [2.05, 4.69) is 6.07 Å². The minimum Gasteiger partial charge on any atom is -0.469 e. The Morgan fingerprint density at radius 2 is 2.04 bits per heavy atom. The lowest BCUT2D eigenvalue weighted by Gasteiger charge is -2.20. The number of nitrogens with zero attached hydrogens (tertiary/aromatic N) is 2. The van der Waals surface area contributed by atoms with Gasteiger partial charge >= 0.3 is 5.97 Å². The molecular weight excluding hydrogens is 348 g/mol. The highest BCUT2D eigenvalue weighted by molar-refractivity contribution is 7.21. The Balaban J connectivity index is 1.72. The molecule has 1 amide bonds. The number of benzene rings is 2. The van der Waals surface area contributed by atoms with Crippen LogP contribution in [0.15, 0.2) is 42.5 Å². The van der Waals surface area contributed by atoms with Gasteiger partial charge in [-0.05, 0) is 30.7 Å². The van der Waals surface area contributed by atoms with Gasteiger partial charge in [-0.25, -0.2) is 4.98 Å². The molecule has 2 heterocycles. The summed E-state index contributed by atoms with van der Waals surface area (Å²) in [7, 11) is 1.36. The predicted molar refractivity (Wildman–Crippen MR) is 102 cm³/mol. The second-order valence-corrected chi connectivity index (χ2v) is 7.40. The van der Waals surface area contributed by atoms with Gasteiger partial charge in [-0.15, -0.1) is 11.3 Å². The van der Waals surface area contributed by atoms with Gasteiger partial charge in [0.2, 0.25) is 5.91 Å². The fourth-order valence-corrected chi connectivity index (χ4v) is 4.45. The first-order valence-electron chi connectivity index (χ1n) is 8.42. The number of rotatable bonds is 3. The summed E-state index contributed by atoms with van der Waals surface area (Å²) in [6.07, 6.45) is 0.192. The topological polar surface area (TPSA) is 59.5 Å². The van der Waals surface area contributed by atoms with Crippen LogP contribution in [-0.2, 0) is 14.3 Å². The van der Waals surface area contributed by atoms with Crippen LogP contribution in [0.2, 0.25) is 0 Å². The van der Waals surface area contributed by atoms with Crippen LogP contribution < -0.4 is 4.90 Å². The summed E-state index contributed by atoms with van der Waals surface area (Å²) in [5.41, 5.74) is 3.81. The molecule has 1 saturated heterocycles. The van der Waals surface area contributed by atoms with Gasteiger partial charge in [0.1, 0.15) is 5.01 Å². The number of carbonyl (C=O) groups excluding carboxylic acids is 2. The molecule has 1 aliphatic rings. The lowest BCUT2D eigenvalue weighted by Crippen LogP contribution is -2.27. The van der Waals surface area contributed by atoms with Crippen molar-refractivity contribution in [1.29, 1.82) is 0 Å². The molecule has 3 aromatic rings. The van der Waals surface area contributed by atoms with Gasteiger partial charge in [-0.2, -0.15) is 0 Å². The normalized spacial score (nSPS) is 17.1. The highest BCUT2D eigenvalue weighted by Crippen LogP contribution is 2.37. The number of fused-ring (bicyclic) bond motifs is 1. The van der Waals surface area contributed by atoms with Crippen molar-refractivity contribution in [3.8, 4) is 10.6 Å². The molecule has 1 aromatic heterocycles. The summed E-state index contributed by atoms with van der Waals surface area (Å²) < 4.78 is 5.93. The third-order valence-electron chi connectivity index (χ3n) is 4.78. The van der Waals surface area contributed by atoms with Crippen LogP contribution in [0.25, 0.3) is 20.8 Å². The molecule has 6 heteroatoms. The summed E-state index contributed by atoms with van der Waals surface area (Å²) in [6, 6.07) is 13.9. The zero-order valence-corrected chi connectivity index (χ0v) is 15.4. The minimum atomic E-state index is -0.405. The van der Waals surface area contributed by atoms with Gasteiger partial charge in [-0.3, -0.25) is 9.59 Å². The molecule has 1 fully saturated rings. The molecule has 2 aromatic carbocycles. The van der Waals surface area contributed by atoms with Crippen LogP contribution in [0.3, 0.4) is 0 Å². The SMILES string of the molecule is COC(=O)[C@H]1CC(=O)N(c2cccc(-c3nc4ccccc4s3)c2C)C1. The van der Waals surface area contributed by atoms with E-state index in [1.165, 1.54) is 7.11 Å². The van der Waals surface area contributed by atoms with E-state index in [0.717, 1.165) is 32.0 Å². The highest BCUT2D eigenvalue weighted by Gasteiger charge is 2.36. The third-order valence-corrected chi connectivity index (χ3v) is 5.85. The number of thiazole rings is 1. The first-order valence-corrected chi connectivity index (χ1v) is 9.24. The van der Waals surface area contributed by atoms with Crippen LogP contribution in [0.5, 0.6) is 0 Å². The summed E-state index contributed by atoms with van der Waals surface area (Å²) in [5, 5.41) is 0.932. The maximum absolute atomic E-state index is 12.5. The number of hydrogen-bond donors (Lipinski definition) is 0. The first kappa shape index (κ1) is 16.7. The molecule has 26 heavy (non-hydrogen) atoms. The van der Waals surface area contributed by atoms with Crippen molar-refractivity contribution in [2.45, 2.75) is 13.3 Å². The highest BCUT2D eigenvalue weighted by atomic mass is 32.1. The van der Waals surface area contributed by atoms with Gasteiger partial charge in [0.25, 0.3) is 0 Å². The summed E-state index contributed by atoms with van der Waals surface area (Å²) in [4.78, 5) is 30.7. The molecule has 5 nitrogen and oxygen atoms in total. The molecule has 0 N–H and O–H groups in total. The maximum Gasteiger partial charge on any atom is 0.311 e. The van der Waals surface area contributed by atoms with Gasteiger partial charge in [0, 0.05) is 24.2 Å². The number of para-hydroxylation sites is 1. The average molecular weight is 366 g/mol. The number of aromatic nitrogens is 1. The quantitative estimate of drug-likeness (QED) is 0.662. The van der Waals surface area contributed by atoms with Crippen molar-refractivity contribution in [3.63, 3.8) is 0 Å². The Bertz CT molecular complexity index is 978. The average Bonchev–Trinajstić information content (AvgIpc) is 3.24. The monoisotopic (exact) mass is 366 g/mol. The summed E-state index contributed by atoms with van der Waals surface area (Å²) in [6.45, 7) is 2.35. The molecule has 0 bridgehead atoms. The van der Waals surface area contributed by atoms with Crippen molar-refractivity contribution in [2.24, 2.45) is 5.92 Å². The Labute approximate surface area is 155 Å². The molecule has 0 aliphatic carbocycles. The van der Waals surface area contributed by atoms with E-state index in [1.807, 2.05) is 43.3 Å². The molecule has 0 spiro atoms. The Morgan fingerprint density at radius 3 is 2.81 bits per heavy atom. The van der Waals surface area contributed by atoms with Gasteiger partial charge in [0.05, 0.1) is 23.2 Å². The molecule has 0 saturated carbocycles. The number of hydrogen-bond acceptors (Lipinski definition) is 5. The first-order chi connectivity index (χ1) is 12.6. The Kier molecular flexibility index (Phi) is 4.20. The minimum absolute atomic E-state index is 0.0510. The van der Waals surface area contributed by atoms with E-state index < -0.39 is 5.92 Å². The molecule has 1 atom stereocenters. The van der Waals surface area contributed by atoms with Crippen LogP contribution in [0, 0.1) is 12.8 Å².